The number of nitrogens with one attached hydrogen (secondary N) is 1. The zero-order valence-corrected chi connectivity index (χ0v) is 12.5. The Bertz CT molecular complexity index is 688. The molecule has 2 aromatic rings. The second-order valence-electron chi connectivity index (χ2n) is 5.17. The van der Waals surface area contributed by atoms with Gasteiger partial charge in [-0.15, -0.1) is 0 Å². The number of hydrogen-bond acceptors (Lipinski definition) is 4. The maximum atomic E-state index is 10.9. The number of nitro benzene ring substituents is 1. The van der Waals surface area contributed by atoms with Gasteiger partial charge in [0.2, 0.25) is 0 Å². The first-order valence-electron chi connectivity index (χ1n) is 6.82. The van der Waals surface area contributed by atoms with Gasteiger partial charge in [-0.05, 0) is 30.2 Å². The normalized spacial score (nSPS) is 17.1. The van der Waals surface area contributed by atoms with Crippen LogP contribution in [0.3, 0.4) is 0 Å². The molecule has 1 N–H and O–H groups in total. The van der Waals surface area contributed by atoms with Crippen molar-refractivity contribution >= 4 is 23.1 Å². The minimum Gasteiger partial charge on any atom is -0.377 e. The Balaban J connectivity index is 1.85. The number of benzene rings is 2. The Labute approximate surface area is 127 Å². The summed E-state index contributed by atoms with van der Waals surface area (Å²) >= 11 is 1.91. The van der Waals surface area contributed by atoms with Crippen molar-refractivity contribution in [2.24, 2.45) is 0 Å². The van der Waals surface area contributed by atoms with E-state index >= 15 is 0 Å². The Morgan fingerprint density at radius 2 is 2.10 bits per heavy atom. The minimum absolute atomic E-state index is 0.166. The number of nitro groups is 1. The van der Waals surface area contributed by atoms with Gasteiger partial charge in [0.15, 0.2) is 0 Å². The van der Waals surface area contributed by atoms with Crippen molar-refractivity contribution in [1.29, 1.82) is 0 Å². The predicted octanol–water partition coefficient (Wildman–Crippen LogP) is 4.30. The summed E-state index contributed by atoms with van der Waals surface area (Å²) < 4.78 is 0. The molecule has 4 nitrogen and oxygen atoms in total. The summed E-state index contributed by atoms with van der Waals surface area (Å²) in [6, 6.07) is 13.9. The van der Waals surface area contributed by atoms with E-state index in [-0.39, 0.29) is 16.7 Å². The maximum absolute atomic E-state index is 10.9. The summed E-state index contributed by atoms with van der Waals surface area (Å²) in [6.07, 6.45) is 0. The molecule has 21 heavy (non-hydrogen) atoms. The molecule has 0 amide bonds. The number of aryl methyl sites for hydroxylation is 1. The average Bonchev–Trinajstić information content (AvgIpc) is 2.47. The van der Waals surface area contributed by atoms with E-state index in [0.29, 0.717) is 5.56 Å². The van der Waals surface area contributed by atoms with Gasteiger partial charge in [-0.1, -0.05) is 24.3 Å². The molecule has 0 saturated heterocycles. The van der Waals surface area contributed by atoms with Crippen molar-refractivity contribution in [3.8, 4) is 0 Å². The van der Waals surface area contributed by atoms with Gasteiger partial charge in [-0.3, -0.25) is 10.1 Å². The van der Waals surface area contributed by atoms with Crippen LogP contribution in [0.15, 0.2) is 42.5 Å². The summed E-state index contributed by atoms with van der Waals surface area (Å²) in [5.74, 6) is 2.06. The summed E-state index contributed by atoms with van der Waals surface area (Å²) in [7, 11) is 0. The molecule has 108 valence electrons. The van der Waals surface area contributed by atoms with Crippen molar-refractivity contribution < 1.29 is 4.92 Å². The lowest BCUT2D eigenvalue weighted by molar-refractivity contribution is -0.385. The fraction of sp³-hybridized carbons (Fsp3) is 0.250. The Morgan fingerprint density at radius 3 is 2.86 bits per heavy atom. The number of rotatable bonds is 3. The smallest absolute Gasteiger partial charge is 0.272 e. The third-order valence-electron chi connectivity index (χ3n) is 3.71. The van der Waals surface area contributed by atoms with Crippen molar-refractivity contribution in [2.45, 2.75) is 18.7 Å². The molecule has 1 aliphatic heterocycles. The van der Waals surface area contributed by atoms with Crippen LogP contribution < -0.4 is 5.32 Å². The molecule has 0 fully saturated rings. The summed E-state index contributed by atoms with van der Waals surface area (Å²) in [5, 5.41) is 14.4. The molecule has 0 aromatic heterocycles. The van der Waals surface area contributed by atoms with Crippen LogP contribution in [0.2, 0.25) is 0 Å². The maximum Gasteiger partial charge on any atom is 0.272 e. The van der Waals surface area contributed by atoms with Crippen molar-refractivity contribution in [2.75, 3.05) is 11.1 Å². The largest absolute Gasteiger partial charge is 0.377 e. The molecule has 2 aromatic carbocycles. The zero-order chi connectivity index (χ0) is 14.8. The fourth-order valence-electron chi connectivity index (χ4n) is 2.65. The number of anilines is 1. The van der Waals surface area contributed by atoms with Crippen LogP contribution in [0.4, 0.5) is 11.4 Å². The first-order chi connectivity index (χ1) is 10.1. The summed E-state index contributed by atoms with van der Waals surface area (Å²) in [6.45, 7) is 1.77. The molecule has 0 bridgehead atoms. The number of thioether (sulfide) groups is 1. The van der Waals surface area contributed by atoms with Crippen LogP contribution in [0, 0.1) is 17.0 Å². The van der Waals surface area contributed by atoms with Crippen LogP contribution in [-0.4, -0.2) is 10.7 Å². The van der Waals surface area contributed by atoms with Gasteiger partial charge in [0, 0.05) is 28.8 Å². The van der Waals surface area contributed by atoms with Crippen molar-refractivity contribution in [3.05, 3.63) is 69.3 Å². The second kappa shape index (κ2) is 5.77. The highest BCUT2D eigenvalue weighted by Gasteiger charge is 2.20. The van der Waals surface area contributed by atoms with Gasteiger partial charge in [0.05, 0.1) is 11.0 Å². The van der Waals surface area contributed by atoms with Gasteiger partial charge in [-0.25, -0.2) is 0 Å². The van der Waals surface area contributed by atoms with E-state index in [1.165, 1.54) is 11.1 Å². The Kier molecular flexibility index (Phi) is 3.84. The molecular formula is C16H16N2O2S. The lowest BCUT2D eigenvalue weighted by Crippen LogP contribution is -2.18. The van der Waals surface area contributed by atoms with Crippen LogP contribution in [0.1, 0.15) is 22.7 Å². The van der Waals surface area contributed by atoms with Crippen molar-refractivity contribution in [1.82, 2.24) is 0 Å². The lowest BCUT2D eigenvalue weighted by Gasteiger charge is -2.27. The molecule has 0 saturated carbocycles. The Morgan fingerprint density at radius 1 is 1.29 bits per heavy atom. The van der Waals surface area contributed by atoms with Crippen LogP contribution in [0.25, 0.3) is 0 Å². The van der Waals surface area contributed by atoms with E-state index in [1.54, 1.807) is 19.1 Å². The van der Waals surface area contributed by atoms with Crippen LogP contribution >= 0.6 is 11.8 Å². The molecule has 3 rings (SSSR count). The van der Waals surface area contributed by atoms with Gasteiger partial charge in [0.25, 0.3) is 5.69 Å². The van der Waals surface area contributed by atoms with E-state index in [0.717, 1.165) is 17.2 Å². The van der Waals surface area contributed by atoms with E-state index in [9.17, 15) is 10.1 Å². The number of hydrogen-bond donors (Lipinski definition) is 1. The predicted molar refractivity (Wildman–Crippen MR) is 86.8 cm³/mol. The standard InChI is InChI=1S/C16H16N2O2S/c1-11-8-13(6-7-16(11)18(19)20)17-15-10-21-9-12-4-2-3-5-14(12)15/h2-8,15,17H,9-10H2,1H3. The molecule has 1 heterocycles. The van der Waals surface area contributed by atoms with Crippen molar-refractivity contribution in [3.63, 3.8) is 0 Å². The monoisotopic (exact) mass is 300 g/mol. The fourth-order valence-corrected chi connectivity index (χ4v) is 3.75. The topological polar surface area (TPSA) is 55.2 Å². The molecule has 1 aliphatic rings. The minimum atomic E-state index is -0.342. The van der Waals surface area contributed by atoms with Gasteiger partial charge in [0.1, 0.15) is 0 Å². The lowest BCUT2D eigenvalue weighted by atomic mass is 10.0. The Hall–Kier alpha value is -2.01. The van der Waals surface area contributed by atoms with Gasteiger partial charge >= 0.3 is 0 Å². The van der Waals surface area contributed by atoms with E-state index in [2.05, 4.69) is 29.6 Å². The average molecular weight is 300 g/mol. The highest BCUT2D eigenvalue weighted by Crippen LogP contribution is 2.34. The van der Waals surface area contributed by atoms with Crippen LogP contribution in [-0.2, 0) is 5.75 Å². The van der Waals surface area contributed by atoms with E-state index < -0.39 is 0 Å². The first kappa shape index (κ1) is 13.9. The van der Waals surface area contributed by atoms with E-state index in [4.69, 9.17) is 0 Å². The number of nitrogens with zero attached hydrogens (tertiary/aromatic N) is 1. The molecule has 1 unspecified atom stereocenters. The first-order valence-corrected chi connectivity index (χ1v) is 7.98. The van der Waals surface area contributed by atoms with E-state index in [1.807, 2.05) is 17.8 Å². The molecule has 0 aliphatic carbocycles. The van der Waals surface area contributed by atoms with Gasteiger partial charge in [-0.2, -0.15) is 11.8 Å². The van der Waals surface area contributed by atoms with Crippen LogP contribution in [0.5, 0.6) is 0 Å². The second-order valence-corrected chi connectivity index (χ2v) is 6.20. The highest BCUT2D eigenvalue weighted by molar-refractivity contribution is 7.98. The molecule has 5 heteroatoms. The molecule has 0 spiro atoms. The quantitative estimate of drug-likeness (QED) is 0.678. The molecule has 1 atom stereocenters. The summed E-state index contributed by atoms with van der Waals surface area (Å²) in [4.78, 5) is 10.5. The SMILES string of the molecule is Cc1cc(NC2CSCc3ccccc32)ccc1[N+](=O)[O-]. The zero-order valence-electron chi connectivity index (χ0n) is 11.7. The third kappa shape index (κ3) is 2.88. The summed E-state index contributed by atoms with van der Waals surface area (Å²) in [5.41, 5.74) is 4.47. The van der Waals surface area contributed by atoms with Gasteiger partial charge < -0.3 is 5.32 Å². The molecular weight excluding hydrogens is 284 g/mol. The highest BCUT2D eigenvalue weighted by atomic mass is 32.2. The molecule has 0 radical (unpaired) electrons. The number of fused-ring (bicyclic) bond motifs is 1. The third-order valence-corrected chi connectivity index (χ3v) is 4.79.